The summed E-state index contributed by atoms with van der Waals surface area (Å²) in [5.41, 5.74) is 4.69. The van der Waals surface area contributed by atoms with E-state index < -0.39 is 22.6 Å². The van der Waals surface area contributed by atoms with Crippen molar-refractivity contribution < 1.29 is 9.85 Å². The minimum absolute atomic E-state index is 0.569. The highest BCUT2D eigenvalue weighted by atomic mass is 16.7. The lowest BCUT2D eigenvalue weighted by Gasteiger charge is -1.95. The fourth-order valence-electron chi connectivity index (χ4n) is 0.249. The van der Waals surface area contributed by atoms with Crippen LogP contribution in [0.2, 0.25) is 0 Å². The molecule has 0 saturated carbocycles. The van der Waals surface area contributed by atoms with Gasteiger partial charge in [-0.05, 0) is 0 Å². The number of rotatable bonds is 3. The van der Waals surface area contributed by atoms with E-state index in [1.54, 1.807) is 0 Å². The van der Waals surface area contributed by atoms with E-state index in [1.165, 1.54) is 0 Å². The summed E-state index contributed by atoms with van der Waals surface area (Å²) in [6.07, 6.45) is -1.86. The average molecular weight is 135 g/mol. The summed E-state index contributed by atoms with van der Waals surface area (Å²) in [7, 11) is 0. The van der Waals surface area contributed by atoms with Crippen molar-refractivity contribution in [1.82, 2.24) is 0 Å². The molecule has 0 unspecified atom stereocenters. The Bertz CT molecular complexity index is 120. The maximum Gasteiger partial charge on any atom is 0.462 e. The molecular formula is C2H5N3O4. The number of hydrogen-bond donors (Lipinski definition) is 1. The molecule has 0 aromatic rings. The molecule has 0 heterocycles. The van der Waals surface area contributed by atoms with Crippen molar-refractivity contribution in [3.8, 4) is 0 Å². The monoisotopic (exact) mass is 135 g/mol. The molecule has 0 bridgehead atoms. The van der Waals surface area contributed by atoms with Crippen LogP contribution in [0.4, 0.5) is 0 Å². The van der Waals surface area contributed by atoms with Crippen LogP contribution in [0.15, 0.2) is 0 Å². The van der Waals surface area contributed by atoms with Gasteiger partial charge in [0.2, 0.25) is 0 Å². The summed E-state index contributed by atoms with van der Waals surface area (Å²) in [4.78, 5) is 17.3. The van der Waals surface area contributed by atoms with E-state index in [0.29, 0.717) is 0 Å². The van der Waals surface area contributed by atoms with Gasteiger partial charge < -0.3 is 5.73 Å². The molecule has 0 rings (SSSR count). The molecule has 0 spiro atoms. The standard InChI is InChI=1S/C2H5N3O4/c3-1-2(4(6)7)5(8)9/h2H,1,3H2. The highest BCUT2D eigenvalue weighted by Gasteiger charge is 2.29. The van der Waals surface area contributed by atoms with E-state index in [-0.39, 0.29) is 0 Å². The third-order valence-electron chi connectivity index (χ3n) is 0.698. The van der Waals surface area contributed by atoms with Crippen molar-refractivity contribution in [2.24, 2.45) is 5.73 Å². The summed E-state index contributed by atoms with van der Waals surface area (Å²) < 4.78 is 0. The lowest BCUT2D eigenvalue weighted by Crippen LogP contribution is -2.36. The Morgan fingerprint density at radius 2 is 1.67 bits per heavy atom. The molecule has 52 valence electrons. The van der Waals surface area contributed by atoms with Crippen LogP contribution in [0.5, 0.6) is 0 Å². The molecule has 0 aromatic heterocycles. The highest BCUT2D eigenvalue weighted by molar-refractivity contribution is 4.37. The SMILES string of the molecule is NCC([N+](=O)[O-])[N+](=O)[O-]. The molecule has 0 saturated heterocycles. The maximum atomic E-state index is 9.66. The van der Waals surface area contributed by atoms with Gasteiger partial charge in [-0.15, -0.1) is 0 Å². The third kappa shape index (κ3) is 2.00. The first kappa shape index (κ1) is 7.76. The van der Waals surface area contributed by atoms with Crippen molar-refractivity contribution in [3.05, 3.63) is 20.2 Å². The molecule has 7 heteroatoms. The van der Waals surface area contributed by atoms with E-state index in [9.17, 15) is 20.2 Å². The zero-order valence-electron chi connectivity index (χ0n) is 4.39. The minimum atomic E-state index is -1.86. The van der Waals surface area contributed by atoms with Crippen molar-refractivity contribution in [3.63, 3.8) is 0 Å². The van der Waals surface area contributed by atoms with E-state index >= 15 is 0 Å². The van der Waals surface area contributed by atoms with Gasteiger partial charge in [0.05, 0.1) is 9.85 Å². The zero-order chi connectivity index (χ0) is 7.44. The summed E-state index contributed by atoms with van der Waals surface area (Å²) in [6, 6.07) is 0. The van der Waals surface area contributed by atoms with Gasteiger partial charge in [0.1, 0.15) is 6.54 Å². The molecule has 0 aliphatic carbocycles. The molecule has 0 aliphatic rings. The van der Waals surface area contributed by atoms with Crippen molar-refractivity contribution in [2.75, 3.05) is 6.54 Å². The molecule has 0 amide bonds. The predicted molar refractivity (Wildman–Crippen MR) is 26.8 cm³/mol. The number of nitro groups is 2. The van der Waals surface area contributed by atoms with Gasteiger partial charge in [-0.3, -0.25) is 20.2 Å². The molecule has 0 aliphatic heterocycles. The molecular weight excluding hydrogens is 130 g/mol. The van der Waals surface area contributed by atoms with Crippen LogP contribution in [0, 0.1) is 20.2 Å². The van der Waals surface area contributed by atoms with Crippen LogP contribution in [-0.2, 0) is 0 Å². The van der Waals surface area contributed by atoms with Crippen molar-refractivity contribution >= 4 is 0 Å². The normalized spacial score (nSPS) is 9.56. The highest BCUT2D eigenvalue weighted by Crippen LogP contribution is 1.85. The summed E-state index contributed by atoms with van der Waals surface area (Å²) in [6.45, 7) is -0.569. The van der Waals surface area contributed by atoms with E-state index in [0.717, 1.165) is 0 Å². The van der Waals surface area contributed by atoms with Crippen LogP contribution >= 0.6 is 0 Å². The van der Waals surface area contributed by atoms with Gasteiger partial charge in [-0.2, -0.15) is 0 Å². The third-order valence-corrected chi connectivity index (χ3v) is 0.698. The van der Waals surface area contributed by atoms with Gasteiger partial charge >= 0.3 is 6.17 Å². The van der Waals surface area contributed by atoms with E-state index in [2.05, 4.69) is 0 Å². The smallest absolute Gasteiger partial charge is 0.318 e. The first-order chi connectivity index (χ1) is 4.09. The number of nitrogens with two attached hydrogens (primary N) is 1. The first-order valence-electron chi connectivity index (χ1n) is 2.06. The largest absolute Gasteiger partial charge is 0.462 e. The van der Waals surface area contributed by atoms with Gasteiger partial charge in [-0.25, -0.2) is 0 Å². The lowest BCUT2D eigenvalue weighted by atomic mass is 10.5. The topological polar surface area (TPSA) is 112 Å². The Balaban J connectivity index is 3.99. The van der Waals surface area contributed by atoms with E-state index in [1.807, 2.05) is 0 Å². The second-order valence-corrected chi connectivity index (χ2v) is 1.29. The fourth-order valence-corrected chi connectivity index (χ4v) is 0.249. The average Bonchev–Trinajstić information content (AvgIpc) is 1.64. The molecule has 2 N–H and O–H groups in total. The van der Waals surface area contributed by atoms with Crippen LogP contribution in [-0.4, -0.2) is 22.6 Å². The Morgan fingerprint density at radius 1 is 1.33 bits per heavy atom. The Hall–Kier alpha value is -1.24. The fraction of sp³-hybridized carbons (Fsp3) is 1.00. The Morgan fingerprint density at radius 3 is 1.67 bits per heavy atom. The second-order valence-electron chi connectivity index (χ2n) is 1.29. The van der Waals surface area contributed by atoms with Crippen molar-refractivity contribution in [1.29, 1.82) is 0 Å². The van der Waals surface area contributed by atoms with Crippen molar-refractivity contribution in [2.45, 2.75) is 6.17 Å². The molecule has 0 aromatic carbocycles. The maximum absolute atomic E-state index is 9.66. The number of hydrogen-bond acceptors (Lipinski definition) is 5. The van der Waals surface area contributed by atoms with Gasteiger partial charge in [-0.1, -0.05) is 0 Å². The first-order valence-corrected chi connectivity index (χ1v) is 2.06. The van der Waals surface area contributed by atoms with Crippen LogP contribution in [0.1, 0.15) is 0 Å². The second kappa shape index (κ2) is 2.92. The Kier molecular flexibility index (Phi) is 2.52. The molecule has 0 atom stereocenters. The van der Waals surface area contributed by atoms with Crippen LogP contribution < -0.4 is 5.73 Å². The molecule has 0 fully saturated rings. The summed E-state index contributed by atoms with van der Waals surface area (Å²) >= 11 is 0. The predicted octanol–water partition coefficient (Wildman–Crippen LogP) is -1.18. The van der Waals surface area contributed by atoms with Crippen LogP contribution in [0.25, 0.3) is 0 Å². The summed E-state index contributed by atoms with van der Waals surface area (Å²) in [5, 5.41) is 19.3. The lowest BCUT2D eigenvalue weighted by molar-refractivity contribution is -0.738. The molecule has 9 heavy (non-hydrogen) atoms. The molecule has 7 nitrogen and oxygen atoms in total. The van der Waals surface area contributed by atoms with E-state index in [4.69, 9.17) is 5.73 Å². The zero-order valence-corrected chi connectivity index (χ0v) is 4.39. The van der Waals surface area contributed by atoms with Gasteiger partial charge in [0, 0.05) is 0 Å². The quantitative estimate of drug-likeness (QED) is 0.297. The molecule has 0 radical (unpaired) electrons. The minimum Gasteiger partial charge on any atom is -0.318 e. The number of nitrogens with zero attached hydrogens (tertiary/aromatic N) is 2. The van der Waals surface area contributed by atoms with Gasteiger partial charge in [0.15, 0.2) is 0 Å². The Labute approximate surface area is 49.8 Å². The van der Waals surface area contributed by atoms with Crippen LogP contribution in [0.3, 0.4) is 0 Å². The van der Waals surface area contributed by atoms with Gasteiger partial charge in [0.25, 0.3) is 0 Å². The summed E-state index contributed by atoms with van der Waals surface area (Å²) in [5.74, 6) is 0.